The SMILES string of the molecule is CCCCN(C(=O)CN1C[C@H](c2ccc3c(c2)CCO3)[C@@H](C(=O)O)[C@@H]1CCc1ccncn1)c1ccc[n+](C)c1. The molecule has 2 aliphatic rings. The summed E-state index contributed by atoms with van der Waals surface area (Å²) in [4.78, 5) is 39.0. The molecule has 0 aliphatic carbocycles. The molecule has 1 saturated heterocycles. The van der Waals surface area contributed by atoms with Crippen molar-refractivity contribution in [2.75, 3.05) is 31.1 Å². The van der Waals surface area contributed by atoms with E-state index in [1.54, 1.807) is 6.20 Å². The van der Waals surface area contributed by atoms with E-state index < -0.39 is 11.9 Å². The summed E-state index contributed by atoms with van der Waals surface area (Å²) in [6.45, 7) is 4.04. The second kappa shape index (κ2) is 12.6. The summed E-state index contributed by atoms with van der Waals surface area (Å²) < 4.78 is 7.63. The number of aliphatic carboxylic acids is 1. The summed E-state index contributed by atoms with van der Waals surface area (Å²) >= 11 is 0. The van der Waals surface area contributed by atoms with Crippen molar-refractivity contribution in [3.05, 3.63) is 78.1 Å². The van der Waals surface area contributed by atoms with E-state index in [-0.39, 0.29) is 24.4 Å². The lowest BCUT2D eigenvalue weighted by Crippen LogP contribution is -2.45. The zero-order valence-electron chi connectivity index (χ0n) is 23.3. The third kappa shape index (κ3) is 6.14. The molecule has 0 bridgehead atoms. The van der Waals surface area contributed by atoms with Gasteiger partial charge in [0.1, 0.15) is 24.8 Å². The summed E-state index contributed by atoms with van der Waals surface area (Å²) in [6.07, 6.45) is 11.0. The number of aryl methyl sites for hydroxylation is 2. The lowest BCUT2D eigenvalue weighted by molar-refractivity contribution is -0.670. The van der Waals surface area contributed by atoms with Crippen LogP contribution in [0.4, 0.5) is 5.69 Å². The molecule has 0 spiro atoms. The fourth-order valence-corrected chi connectivity index (χ4v) is 6.09. The van der Waals surface area contributed by atoms with Crippen LogP contribution in [-0.2, 0) is 29.5 Å². The minimum Gasteiger partial charge on any atom is -0.493 e. The molecule has 9 heteroatoms. The molecule has 40 heavy (non-hydrogen) atoms. The van der Waals surface area contributed by atoms with E-state index in [1.165, 1.54) is 6.33 Å². The second-order valence-corrected chi connectivity index (χ2v) is 10.8. The maximum Gasteiger partial charge on any atom is 0.308 e. The van der Waals surface area contributed by atoms with Gasteiger partial charge in [-0.3, -0.25) is 14.5 Å². The number of unbranched alkanes of at least 4 members (excludes halogenated alkanes) is 1. The van der Waals surface area contributed by atoms with Gasteiger partial charge in [-0.2, -0.15) is 0 Å². The molecular formula is C31H38N5O4+. The molecule has 4 heterocycles. The molecule has 3 aromatic rings. The number of benzene rings is 1. The van der Waals surface area contributed by atoms with Crippen molar-refractivity contribution in [1.82, 2.24) is 14.9 Å². The Morgan fingerprint density at radius 3 is 2.88 bits per heavy atom. The van der Waals surface area contributed by atoms with Crippen LogP contribution >= 0.6 is 0 Å². The summed E-state index contributed by atoms with van der Waals surface area (Å²) in [7, 11) is 1.94. The van der Waals surface area contributed by atoms with Crippen molar-refractivity contribution in [1.29, 1.82) is 0 Å². The number of nitrogens with zero attached hydrogens (tertiary/aromatic N) is 5. The van der Waals surface area contributed by atoms with E-state index in [0.29, 0.717) is 32.5 Å². The normalized spacial score (nSPS) is 20.2. The molecule has 1 fully saturated rings. The molecule has 2 aromatic heterocycles. The van der Waals surface area contributed by atoms with Crippen LogP contribution in [0.2, 0.25) is 0 Å². The number of likely N-dealkylation sites (tertiary alicyclic amines) is 1. The molecule has 0 saturated carbocycles. The minimum atomic E-state index is -0.831. The smallest absolute Gasteiger partial charge is 0.308 e. The van der Waals surface area contributed by atoms with E-state index in [0.717, 1.165) is 47.5 Å². The highest BCUT2D eigenvalue weighted by Crippen LogP contribution is 2.41. The molecule has 3 atom stereocenters. The highest BCUT2D eigenvalue weighted by atomic mass is 16.5. The quantitative estimate of drug-likeness (QED) is 0.370. The number of carboxylic acids is 1. The molecule has 1 aromatic carbocycles. The number of hydrogen-bond acceptors (Lipinski definition) is 6. The number of amides is 1. The number of carboxylic acid groups (broad SMARTS) is 1. The fourth-order valence-electron chi connectivity index (χ4n) is 6.09. The predicted octanol–water partition coefficient (Wildman–Crippen LogP) is 3.17. The first-order valence-corrected chi connectivity index (χ1v) is 14.2. The van der Waals surface area contributed by atoms with Crippen molar-refractivity contribution >= 4 is 17.6 Å². The first-order valence-electron chi connectivity index (χ1n) is 14.2. The van der Waals surface area contributed by atoms with Gasteiger partial charge < -0.3 is 14.7 Å². The topological polar surface area (TPSA) is 99.7 Å². The van der Waals surface area contributed by atoms with Crippen molar-refractivity contribution in [2.24, 2.45) is 13.0 Å². The molecule has 1 amide bonds. The van der Waals surface area contributed by atoms with Crippen molar-refractivity contribution in [2.45, 2.75) is 51.0 Å². The highest BCUT2D eigenvalue weighted by Gasteiger charge is 2.47. The zero-order valence-corrected chi connectivity index (χ0v) is 23.3. The molecule has 2 aliphatic heterocycles. The van der Waals surface area contributed by atoms with Gasteiger partial charge in [-0.15, -0.1) is 0 Å². The van der Waals surface area contributed by atoms with Gasteiger partial charge in [0.2, 0.25) is 5.91 Å². The van der Waals surface area contributed by atoms with Crippen LogP contribution in [-0.4, -0.2) is 64.1 Å². The third-order valence-corrected chi connectivity index (χ3v) is 8.12. The van der Waals surface area contributed by atoms with Crippen LogP contribution in [0.5, 0.6) is 5.75 Å². The number of aromatic nitrogens is 3. The summed E-state index contributed by atoms with van der Waals surface area (Å²) in [5.41, 5.74) is 3.84. The summed E-state index contributed by atoms with van der Waals surface area (Å²) in [5.74, 6) is -0.844. The van der Waals surface area contributed by atoms with Crippen molar-refractivity contribution in [3.8, 4) is 5.75 Å². The number of carbonyl (C=O) groups excluding carboxylic acids is 1. The predicted molar refractivity (Wildman–Crippen MR) is 150 cm³/mol. The van der Waals surface area contributed by atoms with Crippen molar-refractivity contribution in [3.63, 3.8) is 0 Å². The lowest BCUT2D eigenvalue weighted by atomic mass is 9.83. The molecule has 0 unspecified atom stereocenters. The number of fused-ring (bicyclic) bond motifs is 1. The largest absolute Gasteiger partial charge is 0.493 e. The van der Waals surface area contributed by atoms with Gasteiger partial charge in [-0.05, 0) is 48.6 Å². The van der Waals surface area contributed by atoms with Gasteiger partial charge in [0.15, 0.2) is 12.4 Å². The first kappa shape index (κ1) is 27.7. The number of hydrogen-bond donors (Lipinski definition) is 1. The standard InChI is InChI=1S/C31H37N5O4/c1-3-4-15-36(25-6-5-14-34(2)18-25)29(37)20-35-19-26(22-7-10-28-23(17-22)12-16-40-28)30(31(38)39)27(35)9-8-24-11-13-32-21-33-24/h5-7,10-11,13-14,17-18,21,26-27,30H,3-4,8-9,12,15-16,19-20H2,1-2H3/p+1/t26-,27+,30-/m1/s1. The Bertz CT molecular complexity index is 1330. The molecule has 0 radical (unpaired) electrons. The first-order chi connectivity index (χ1) is 19.4. The second-order valence-electron chi connectivity index (χ2n) is 10.8. The van der Waals surface area contributed by atoms with Crippen LogP contribution in [0.15, 0.2) is 61.3 Å². The summed E-state index contributed by atoms with van der Waals surface area (Å²) in [6, 6.07) is 11.5. The van der Waals surface area contributed by atoms with Gasteiger partial charge >= 0.3 is 5.97 Å². The Labute approximate surface area is 235 Å². The van der Waals surface area contributed by atoms with E-state index in [2.05, 4.69) is 27.9 Å². The van der Waals surface area contributed by atoms with Crippen LogP contribution in [0.1, 0.15) is 48.9 Å². The average Bonchev–Trinajstić information content (AvgIpc) is 3.57. The van der Waals surface area contributed by atoms with Gasteiger partial charge in [-0.1, -0.05) is 25.5 Å². The van der Waals surface area contributed by atoms with Crippen LogP contribution < -0.4 is 14.2 Å². The Kier molecular flexibility index (Phi) is 8.69. The van der Waals surface area contributed by atoms with Crippen molar-refractivity contribution < 1.29 is 24.0 Å². The fraction of sp³-hybridized carbons (Fsp3) is 0.452. The number of anilines is 1. The molecular weight excluding hydrogens is 506 g/mol. The van der Waals surface area contributed by atoms with Gasteiger partial charge in [0.25, 0.3) is 0 Å². The van der Waals surface area contributed by atoms with E-state index in [1.807, 2.05) is 59.2 Å². The van der Waals surface area contributed by atoms with E-state index in [9.17, 15) is 14.7 Å². The van der Waals surface area contributed by atoms with Gasteiger partial charge in [0, 0.05) is 49.4 Å². The molecule has 9 nitrogen and oxygen atoms in total. The molecule has 1 N–H and O–H groups in total. The molecule has 5 rings (SSSR count). The Hall–Kier alpha value is -3.85. The maximum absolute atomic E-state index is 13.9. The van der Waals surface area contributed by atoms with Crippen LogP contribution in [0.25, 0.3) is 0 Å². The number of pyridine rings is 1. The van der Waals surface area contributed by atoms with Crippen LogP contribution in [0, 0.1) is 5.92 Å². The number of ether oxygens (including phenoxy) is 1. The number of carbonyl (C=O) groups is 2. The monoisotopic (exact) mass is 544 g/mol. The van der Waals surface area contributed by atoms with Crippen LogP contribution in [0.3, 0.4) is 0 Å². The van der Waals surface area contributed by atoms with E-state index in [4.69, 9.17) is 4.74 Å². The average molecular weight is 545 g/mol. The van der Waals surface area contributed by atoms with Gasteiger partial charge in [0.05, 0.1) is 19.1 Å². The highest BCUT2D eigenvalue weighted by molar-refractivity contribution is 5.94. The zero-order chi connectivity index (χ0) is 28.1. The lowest BCUT2D eigenvalue weighted by Gasteiger charge is -2.29. The number of rotatable bonds is 11. The van der Waals surface area contributed by atoms with E-state index >= 15 is 0 Å². The maximum atomic E-state index is 13.9. The molecule has 210 valence electrons. The third-order valence-electron chi connectivity index (χ3n) is 8.12. The Morgan fingerprint density at radius 1 is 1.25 bits per heavy atom. The summed E-state index contributed by atoms with van der Waals surface area (Å²) in [5, 5.41) is 10.5. The minimum absolute atomic E-state index is 0.0150. The Morgan fingerprint density at radius 2 is 2.12 bits per heavy atom. The Balaban J connectivity index is 1.44. The van der Waals surface area contributed by atoms with Gasteiger partial charge in [-0.25, -0.2) is 14.5 Å².